The van der Waals surface area contributed by atoms with Crippen LogP contribution in [0.25, 0.3) is 0 Å². The van der Waals surface area contributed by atoms with Gasteiger partial charge in [0.1, 0.15) is 5.82 Å². The summed E-state index contributed by atoms with van der Waals surface area (Å²) in [5.74, 6) is -0.823. The van der Waals surface area contributed by atoms with Crippen molar-refractivity contribution in [2.45, 2.75) is 11.4 Å². The first-order chi connectivity index (χ1) is 8.66. The molecule has 2 rings (SSSR count). The van der Waals surface area contributed by atoms with Crippen molar-refractivity contribution in [3.8, 4) is 0 Å². The Bertz CT molecular complexity index is 543. The van der Waals surface area contributed by atoms with Gasteiger partial charge < -0.3 is 5.11 Å². The highest BCUT2D eigenvalue weighted by Crippen LogP contribution is 2.23. The van der Waals surface area contributed by atoms with Gasteiger partial charge in [0.05, 0.1) is 12.1 Å². The minimum Gasteiger partial charge on any atom is -0.478 e. The molecule has 94 valence electrons. The lowest BCUT2D eigenvalue weighted by Crippen LogP contribution is -2.01. The number of carbonyl (C=O) groups is 1. The van der Waals surface area contributed by atoms with Crippen LogP contribution in [0, 0.1) is 5.82 Å². The molecule has 0 aliphatic heterocycles. The highest BCUT2D eigenvalue weighted by Gasteiger charge is 2.08. The lowest BCUT2D eigenvalue weighted by atomic mass is 10.2. The maximum Gasteiger partial charge on any atom is 0.335 e. The Labute approximate surface area is 107 Å². The molecule has 18 heavy (non-hydrogen) atoms. The van der Waals surface area contributed by atoms with Gasteiger partial charge in [-0.1, -0.05) is 0 Å². The first-order valence-electron chi connectivity index (χ1n) is 5.30. The smallest absolute Gasteiger partial charge is 0.335 e. The van der Waals surface area contributed by atoms with Crippen LogP contribution in [-0.4, -0.2) is 26.6 Å². The van der Waals surface area contributed by atoms with Crippen molar-refractivity contribution in [1.29, 1.82) is 0 Å². The molecule has 2 aromatic rings. The van der Waals surface area contributed by atoms with Gasteiger partial charge in [0.2, 0.25) is 0 Å². The Morgan fingerprint density at radius 3 is 3.00 bits per heavy atom. The largest absolute Gasteiger partial charge is 0.478 e. The molecule has 0 radical (unpaired) electrons. The standard InChI is InChI=1S/C12H11FN2O2S/c13-10-3-2-9(12(16)17)8-11(10)18-7-6-15-5-1-4-14-15/h1-5,8H,6-7H2,(H,16,17). The second-order valence-corrected chi connectivity index (χ2v) is 4.70. The Hall–Kier alpha value is -1.82. The molecule has 1 aromatic heterocycles. The van der Waals surface area contributed by atoms with Gasteiger partial charge in [0.15, 0.2) is 0 Å². The maximum atomic E-state index is 13.5. The summed E-state index contributed by atoms with van der Waals surface area (Å²) < 4.78 is 15.2. The van der Waals surface area contributed by atoms with Gasteiger partial charge in [-0.05, 0) is 24.3 Å². The molecule has 0 spiro atoms. The number of thioether (sulfide) groups is 1. The number of hydrogen-bond donors (Lipinski definition) is 1. The van der Waals surface area contributed by atoms with Gasteiger partial charge >= 0.3 is 5.97 Å². The van der Waals surface area contributed by atoms with Gasteiger partial charge in [-0.15, -0.1) is 11.8 Å². The van der Waals surface area contributed by atoms with Crippen LogP contribution in [0.2, 0.25) is 0 Å². The number of halogens is 1. The van der Waals surface area contributed by atoms with Crippen LogP contribution in [0.15, 0.2) is 41.6 Å². The van der Waals surface area contributed by atoms with E-state index in [1.807, 2.05) is 12.3 Å². The van der Waals surface area contributed by atoms with Crippen LogP contribution in [0.5, 0.6) is 0 Å². The van der Waals surface area contributed by atoms with Gasteiger partial charge in [-0.2, -0.15) is 5.10 Å². The number of carboxylic acids is 1. The number of carboxylic acid groups (broad SMARTS) is 1. The minimum absolute atomic E-state index is 0.0954. The normalized spacial score (nSPS) is 10.5. The quantitative estimate of drug-likeness (QED) is 0.845. The summed E-state index contributed by atoms with van der Waals surface area (Å²) in [6.45, 7) is 0.647. The topological polar surface area (TPSA) is 55.1 Å². The average Bonchev–Trinajstić information content (AvgIpc) is 2.84. The predicted octanol–water partition coefficient (Wildman–Crippen LogP) is 2.51. The second-order valence-electron chi connectivity index (χ2n) is 3.57. The highest BCUT2D eigenvalue weighted by molar-refractivity contribution is 7.99. The zero-order valence-corrected chi connectivity index (χ0v) is 10.2. The monoisotopic (exact) mass is 266 g/mol. The molecule has 0 fully saturated rings. The Morgan fingerprint density at radius 1 is 1.50 bits per heavy atom. The van der Waals surface area contributed by atoms with Crippen molar-refractivity contribution in [2.75, 3.05) is 5.75 Å². The van der Waals surface area contributed by atoms with Crippen molar-refractivity contribution in [3.05, 3.63) is 48.0 Å². The van der Waals surface area contributed by atoms with Gasteiger partial charge in [-0.3, -0.25) is 4.68 Å². The van der Waals surface area contributed by atoms with Crippen LogP contribution in [0.3, 0.4) is 0 Å². The van der Waals surface area contributed by atoms with Crippen molar-refractivity contribution < 1.29 is 14.3 Å². The van der Waals surface area contributed by atoms with Crippen LogP contribution < -0.4 is 0 Å². The third kappa shape index (κ3) is 3.10. The molecule has 0 saturated carbocycles. The van der Waals surface area contributed by atoms with E-state index in [2.05, 4.69) is 5.10 Å². The highest BCUT2D eigenvalue weighted by atomic mass is 32.2. The lowest BCUT2D eigenvalue weighted by molar-refractivity contribution is 0.0696. The Balaban J connectivity index is 2.00. The van der Waals surface area contributed by atoms with Gasteiger partial charge in [0, 0.05) is 23.0 Å². The van der Waals surface area contributed by atoms with E-state index >= 15 is 0 Å². The van der Waals surface area contributed by atoms with E-state index in [9.17, 15) is 9.18 Å². The van der Waals surface area contributed by atoms with E-state index in [1.54, 1.807) is 10.9 Å². The van der Waals surface area contributed by atoms with Crippen LogP contribution in [0.1, 0.15) is 10.4 Å². The summed E-state index contributed by atoms with van der Waals surface area (Å²) in [5, 5.41) is 12.9. The summed E-state index contributed by atoms with van der Waals surface area (Å²) in [7, 11) is 0. The fourth-order valence-corrected chi connectivity index (χ4v) is 2.34. The van der Waals surface area contributed by atoms with E-state index in [-0.39, 0.29) is 5.56 Å². The van der Waals surface area contributed by atoms with E-state index < -0.39 is 11.8 Å². The van der Waals surface area contributed by atoms with Crippen LogP contribution >= 0.6 is 11.8 Å². The van der Waals surface area contributed by atoms with E-state index in [1.165, 1.54) is 30.0 Å². The SMILES string of the molecule is O=C(O)c1ccc(F)c(SCCn2cccn2)c1. The number of hydrogen-bond acceptors (Lipinski definition) is 3. The molecule has 1 N–H and O–H groups in total. The van der Waals surface area contributed by atoms with E-state index in [0.717, 1.165) is 0 Å². The van der Waals surface area contributed by atoms with E-state index in [0.29, 0.717) is 17.2 Å². The maximum absolute atomic E-state index is 13.5. The molecule has 4 nitrogen and oxygen atoms in total. The first-order valence-corrected chi connectivity index (χ1v) is 6.28. The van der Waals surface area contributed by atoms with Gasteiger partial charge in [0.25, 0.3) is 0 Å². The fraction of sp³-hybridized carbons (Fsp3) is 0.167. The number of aryl methyl sites for hydroxylation is 1. The summed E-state index contributed by atoms with van der Waals surface area (Å²) >= 11 is 1.28. The Kier molecular flexibility index (Phi) is 3.99. The predicted molar refractivity (Wildman–Crippen MR) is 66.3 cm³/mol. The second kappa shape index (κ2) is 5.68. The number of nitrogens with zero attached hydrogens (tertiary/aromatic N) is 2. The van der Waals surface area contributed by atoms with Crippen molar-refractivity contribution in [1.82, 2.24) is 9.78 Å². The van der Waals surface area contributed by atoms with E-state index in [4.69, 9.17) is 5.11 Å². The van der Waals surface area contributed by atoms with Gasteiger partial charge in [-0.25, -0.2) is 9.18 Å². The third-order valence-corrected chi connectivity index (χ3v) is 3.33. The summed E-state index contributed by atoms with van der Waals surface area (Å²) in [6, 6.07) is 5.61. The van der Waals surface area contributed by atoms with Crippen molar-refractivity contribution >= 4 is 17.7 Å². The van der Waals surface area contributed by atoms with Crippen molar-refractivity contribution in [2.24, 2.45) is 0 Å². The molecular weight excluding hydrogens is 255 g/mol. The summed E-state index contributed by atoms with van der Waals surface area (Å²) in [4.78, 5) is 11.1. The fourth-order valence-electron chi connectivity index (χ4n) is 1.43. The zero-order chi connectivity index (χ0) is 13.0. The summed E-state index contributed by atoms with van der Waals surface area (Å²) in [6.07, 6.45) is 3.50. The molecular formula is C12H11FN2O2S. The molecule has 0 aliphatic carbocycles. The third-order valence-electron chi connectivity index (χ3n) is 2.32. The Morgan fingerprint density at radius 2 is 2.33 bits per heavy atom. The molecule has 1 heterocycles. The molecule has 0 saturated heterocycles. The molecule has 0 aliphatic rings. The first kappa shape index (κ1) is 12.6. The minimum atomic E-state index is -1.05. The van der Waals surface area contributed by atoms with Crippen LogP contribution in [-0.2, 0) is 6.54 Å². The van der Waals surface area contributed by atoms with Crippen LogP contribution in [0.4, 0.5) is 4.39 Å². The molecule has 0 atom stereocenters. The number of aromatic nitrogens is 2. The number of rotatable bonds is 5. The summed E-state index contributed by atoms with van der Waals surface area (Å²) in [5.41, 5.74) is 0.0954. The average molecular weight is 266 g/mol. The number of benzene rings is 1. The molecule has 6 heteroatoms. The number of aromatic carboxylic acids is 1. The zero-order valence-electron chi connectivity index (χ0n) is 9.41. The van der Waals surface area contributed by atoms with Crippen molar-refractivity contribution in [3.63, 3.8) is 0 Å². The molecule has 1 aromatic carbocycles. The molecule has 0 bridgehead atoms. The molecule has 0 unspecified atom stereocenters. The lowest BCUT2D eigenvalue weighted by Gasteiger charge is -2.05. The molecule has 0 amide bonds.